The molecule has 0 bridgehead atoms. The maximum atomic E-state index is 13.1. The molecule has 1 fully saturated rings. The third-order valence-corrected chi connectivity index (χ3v) is 6.10. The SMILES string of the molecule is CCc1ccc(C2/C(=C(\O)c3ccc(Cl)cc3)C(=O)C(=O)N2CCc2ccccc2)cc1. The van der Waals surface area contributed by atoms with Crippen molar-refractivity contribution in [1.29, 1.82) is 0 Å². The molecule has 4 rings (SSSR count). The highest BCUT2D eigenvalue weighted by Gasteiger charge is 2.45. The van der Waals surface area contributed by atoms with Gasteiger partial charge in [0.15, 0.2) is 0 Å². The zero-order valence-electron chi connectivity index (χ0n) is 17.8. The molecule has 0 radical (unpaired) electrons. The van der Waals surface area contributed by atoms with Gasteiger partial charge in [-0.2, -0.15) is 0 Å². The zero-order chi connectivity index (χ0) is 22.7. The molecule has 5 heteroatoms. The Morgan fingerprint density at radius 2 is 1.56 bits per heavy atom. The molecule has 1 unspecified atom stereocenters. The van der Waals surface area contributed by atoms with Gasteiger partial charge < -0.3 is 10.0 Å². The van der Waals surface area contributed by atoms with Gasteiger partial charge >= 0.3 is 0 Å². The van der Waals surface area contributed by atoms with Gasteiger partial charge in [0.25, 0.3) is 11.7 Å². The van der Waals surface area contributed by atoms with E-state index in [0.717, 1.165) is 23.1 Å². The molecule has 1 amide bonds. The van der Waals surface area contributed by atoms with Gasteiger partial charge in [-0.05, 0) is 53.8 Å². The van der Waals surface area contributed by atoms with Crippen LogP contribution in [0.4, 0.5) is 0 Å². The average molecular weight is 446 g/mol. The summed E-state index contributed by atoms with van der Waals surface area (Å²) in [7, 11) is 0. The minimum Gasteiger partial charge on any atom is -0.507 e. The van der Waals surface area contributed by atoms with Crippen molar-refractivity contribution in [2.75, 3.05) is 6.54 Å². The summed E-state index contributed by atoms with van der Waals surface area (Å²) in [6.45, 7) is 2.44. The maximum Gasteiger partial charge on any atom is 0.295 e. The van der Waals surface area contributed by atoms with Gasteiger partial charge in [0, 0.05) is 17.1 Å². The van der Waals surface area contributed by atoms with Crippen LogP contribution in [0.2, 0.25) is 5.02 Å². The summed E-state index contributed by atoms with van der Waals surface area (Å²) in [5, 5.41) is 11.6. The number of likely N-dealkylation sites (tertiary alicyclic amines) is 1. The van der Waals surface area contributed by atoms with Crippen molar-refractivity contribution in [2.24, 2.45) is 0 Å². The molecular weight excluding hydrogens is 422 g/mol. The fourth-order valence-corrected chi connectivity index (χ4v) is 4.18. The number of benzene rings is 3. The first-order valence-corrected chi connectivity index (χ1v) is 11.0. The van der Waals surface area contributed by atoms with Crippen LogP contribution >= 0.6 is 11.6 Å². The normalized spacial score (nSPS) is 17.7. The lowest BCUT2D eigenvalue weighted by Gasteiger charge is -2.25. The van der Waals surface area contributed by atoms with Crippen molar-refractivity contribution in [3.63, 3.8) is 0 Å². The van der Waals surface area contributed by atoms with E-state index in [1.165, 1.54) is 0 Å². The number of aryl methyl sites for hydroxylation is 1. The number of ketones is 1. The molecule has 0 aliphatic carbocycles. The van der Waals surface area contributed by atoms with Crippen LogP contribution in [0.5, 0.6) is 0 Å². The van der Waals surface area contributed by atoms with E-state index in [2.05, 4.69) is 6.92 Å². The number of hydrogen-bond acceptors (Lipinski definition) is 3. The summed E-state index contributed by atoms with van der Waals surface area (Å²) >= 11 is 5.98. The summed E-state index contributed by atoms with van der Waals surface area (Å²) < 4.78 is 0. The van der Waals surface area contributed by atoms with E-state index in [1.807, 2.05) is 54.6 Å². The van der Waals surface area contributed by atoms with Crippen LogP contribution in [0.25, 0.3) is 5.76 Å². The van der Waals surface area contributed by atoms with Crippen LogP contribution < -0.4 is 0 Å². The minimum absolute atomic E-state index is 0.106. The van der Waals surface area contributed by atoms with Crippen molar-refractivity contribution in [3.05, 3.63) is 112 Å². The molecule has 32 heavy (non-hydrogen) atoms. The lowest BCUT2D eigenvalue weighted by molar-refractivity contribution is -0.139. The Morgan fingerprint density at radius 1 is 0.906 bits per heavy atom. The number of carbonyl (C=O) groups excluding carboxylic acids is 2. The van der Waals surface area contributed by atoms with Crippen molar-refractivity contribution in [2.45, 2.75) is 25.8 Å². The Morgan fingerprint density at radius 3 is 2.19 bits per heavy atom. The van der Waals surface area contributed by atoms with Crippen LogP contribution in [0.1, 0.15) is 35.2 Å². The second kappa shape index (κ2) is 9.41. The molecule has 162 valence electrons. The first-order valence-electron chi connectivity index (χ1n) is 10.7. The predicted molar refractivity (Wildman–Crippen MR) is 126 cm³/mol. The van der Waals surface area contributed by atoms with Crippen LogP contribution in [0.15, 0.2) is 84.4 Å². The molecular formula is C27H24ClNO3. The minimum atomic E-state index is -0.671. The van der Waals surface area contributed by atoms with Crippen LogP contribution in [-0.4, -0.2) is 28.2 Å². The van der Waals surface area contributed by atoms with E-state index >= 15 is 0 Å². The molecule has 0 saturated carbocycles. The largest absolute Gasteiger partial charge is 0.507 e. The first kappa shape index (κ1) is 21.8. The molecule has 0 spiro atoms. The highest BCUT2D eigenvalue weighted by molar-refractivity contribution is 6.46. The van der Waals surface area contributed by atoms with Crippen molar-refractivity contribution in [1.82, 2.24) is 4.90 Å². The number of hydrogen-bond donors (Lipinski definition) is 1. The van der Waals surface area contributed by atoms with Crippen LogP contribution in [0.3, 0.4) is 0 Å². The van der Waals surface area contributed by atoms with Gasteiger partial charge in [-0.15, -0.1) is 0 Å². The number of Topliss-reactive ketones (excluding diaryl/α,β-unsaturated/α-hetero) is 1. The smallest absolute Gasteiger partial charge is 0.295 e. The van der Waals surface area contributed by atoms with Crippen molar-refractivity contribution >= 4 is 29.1 Å². The Bertz CT molecular complexity index is 1150. The van der Waals surface area contributed by atoms with E-state index in [-0.39, 0.29) is 11.3 Å². The molecule has 1 atom stereocenters. The van der Waals surface area contributed by atoms with Crippen molar-refractivity contribution < 1.29 is 14.7 Å². The predicted octanol–water partition coefficient (Wildman–Crippen LogP) is 5.57. The second-order valence-corrected chi connectivity index (χ2v) is 8.27. The Balaban J connectivity index is 1.77. The molecule has 3 aromatic carbocycles. The Labute approximate surface area is 192 Å². The molecule has 1 heterocycles. The monoisotopic (exact) mass is 445 g/mol. The number of rotatable bonds is 6. The van der Waals surface area contributed by atoms with Gasteiger partial charge in [0.1, 0.15) is 5.76 Å². The highest BCUT2D eigenvalue weighted by atomic mass is 35.5. The lowest BCUT2D eigenvalue weighted by Crippen LogP contribution is -2.31. The van der Waals surface area contributed by atoms with Gasteiger partial charge in [-0.25, -0.2) is 0 Å². The fraction of sp³-hybridized carbons (Fsp3) is 0.185. The number of carbonyl (C=O) groups is 2. The number of aliphatic hydroxyl groups excluding tert-OH is 1. The maximum absolute atomic E-state index is 13.1. The standard InChI is InChI=1S/C27H24ClNO3/c1-2-18-8-10-20(11-9-18)24-23(25(30)21-12-14-22(28)15-13-21)26(31)27(32)29(24)17-16-19-6-4-3-5-7-19/h3-15,24,30H,2,16-17H2,1H3/b25-23+. The summed E-state index contributed by atoms with van der Waals surface area (Å²) in [6.07, 6.45) is 1.50. The number of aliphatic hydroxyl groups is 1. The molecule has 1 aliphatic heterocycles. The fourth-order valence-electron chi connectivity index (χ4n) is 4.05. The van der Waals surface area contributed by atoms with E-state index in [0.29, 0.717) is 23.6 Å². The Kier molecular flexibility index (Phi) is 6.42. The third kappa shape index (κ3) is 4.32. The molecule has 3 aromatic rings. The van der Waals surface area contributed by atoms with E-state index in [9.17, 15) is 14.7 Å². The average Bonchev–Trinajstić information content (AvgIpc) is 3.08. The summed E-state index contributed by atoms with van der Waals surface area (Å²) in [6, 6.07) is 23.6. The van der Waals surface area contributed by atoms with E-state index < -0.39 is 17.7 Å². The van der Waals surface area contributed by atoms with E-state index in [4.69, 9.17) is 11.6 Å². The summed E-state index contributed by atoms with van der Waals surface area (Å²) in [4.78, 5) is 27.7. The van der Waals surface area contributed by atoms with Crippen molar-refractivity contribution in [3.8, 4) is 0 Å². The van der Waals surface area contributed by atoms with Crippen LogP contribution in [0, 0.1) is 0 Å². The second-order valence-electron chi connectivity index (χ2n) is 7.83. The van der Waals surface area contributed by atoms with Gasteiger partial charge in [0.05, 0.1) is 11.6 Å². The number of amides is 1. The third-order valence-electron chi connectivity index (χ3n) is 5.85. The lowest BCUT2D eigenvalue weighted by atomic mass is 9.94. The number of halogens is 1. The van der Waals surface area contributed by atoms with Gasteiger partial charge in [0.2, 0.25) is 0 Å². The zero-order valence-corrected chi connectivity index (χ0v) is 18.5. The number of nitrogens with zero attached hydrogens (tertiary/aromatic N) is 1. The summed E-state index contributed by atoms with van der Waals surface area (Å²) in [5.74, 6) is -1.46. The van der Waals surface area contributed by atoms with Crippen LogP contribution in [-0.2, 0) is 22.4 Å². The first-order chi connectivity index (χ1) is 15.5. The summed E-state index contributed by atoms with van der Waals surface area (Å²) in [5.41, 5.74) is 3.59. The Hall–Kier alpha value is -3.37. The highest BCUT2D eigenvalue weighted by Crippen LogP contribution is 2.39. The quantitative estimate of drug-likeness (QED) is 0.306. The molecule has 1 saturated heterocycles. The topological polar surface area (TPSA) is 57.6 Å². The molecule has 4 nitrogen and oxygen atoms in total. The van der Waals surface area contributed by atoms with Gasteiger partial charge in [-0.1, -0.05) is 73.1 Å². The molecule has 1 N–H and O–H groups in total. The molecule has 1 aliphatic rings. The molecule has 0 aromatic heterocycles. The van der Waals surface area contributed by atoms with Gasteiger partial charge in [-0.3, -0.25) is 9.59 Å². The van der Waals surface area contributed by atoms with E-state index in [1.54, 1.807) is 29.2 Å².